The van der Waals surface area contributed by atoms with Crippen molar-refractivity contribution in [2.24, 2.45) is 0 Å². The van der Waals surface area contributed by atoms with Gasteiger partial charge in [0.1, 0.15) is 18.3 Å². The number of amides is 2. The minimum atomic E-state index is -4.11. The number of anilines is 1. The first-order valence-electron chi connectivity index (χ1n) is 13.4. The lowest BCUT2D eigenvalue weighted by atomic mass is 10.1. The second-order valence-electron chi connectivity index (χ2n) is 10.0. The average molecular weight is 566 g/mol. The number of hydrogen-bond donors (Lipinski definition) is 1. The maximum Gasteiger partial charge on any atom is 0.264 e. The molecule has 9 heteroatoms. The molecule has 0 aromatic heterocycles. The number of sulfonamides is 1. The Labute approximate surface area is 238 Å². The second-order valence-corrected chi connectivity index (χ2v) is 11.9. The Morgan fingerprint density at radius 1 is 0.925 bits per heavy atom. The summed E-state index contributed by atoms with van der Waals surface area (Å²) in [6.07, 6.45) is 0.576. The van der Waals surface area contributed by atoms with Crippen LogP contribution < -0.4 is 14.4 Å². The third-order valence-corrected chi connectivity index (χ3v) is 8.41. The number of methoxy groups -OCH3 is 1. The molecule has 2 amide bonds. The van der Waals surface area contributed by atoms with Gasteiger partial charge in [0, 0.05) is 12.6 Å². The molecule has 0 aliphatic carbocycles. The van der Waals surface area contributed by atoms with Crippen molar-refractivity contribution >= 4 is 27.5 Å². The fourth-order valence-electron chi connectivity index (χ4n) is 4.32. The number of rotatable bonds is 12. The Morgan fingerprint density at radius 3 is 2.12 bits per heavy atom. The number of para-hydroxylation sites is 1. The molecule has 0 bridgehead atoms. The molecule has 0 heterocycles. The topological polar surface area (TPSA) is 96.0 Å². The van der Waals surface area contributed by atoms with Crippen molar-refractivity contribution in [3.8, 4) is 5.75 Å². The summed E-state index contributed by atoms with van der Waals surface area (Å²) in [6, 6.07) is 19.9. The van der Waals surface area contributed by atoms with Gasteiger partial charge in [-0.05, 0) is 75.6 Å². The monoisotopic (exact) mass is 565 g/mol. The summed E-state index contributed by atoms with van der Waals surface area (Å²) in [4.78, 5) is 28.6. The van der Waals surface area contributed by atoms with Gasteiger partial charge in [-0.15, -0.1) is 0 Å². The summed E-state index contributed by atoms with van der Waals surface area (Å²) >= 11 is 0. The fourth-order valence-corrected chi connectivity index (χ4v) is 5.77. The molecular weight excluding hydrogens is 526 g/mol. The molecule has 8 nitrogen and oxygen atoms in total. The van der Waals surface area contributed by atoms with E-state index < -0.39 is 28.5 Å². The van der Waals surface area contributed by atoms with Crippen molar-refractivity contribution < 1.29 is 22.7 Å². The van der Waals surface area contributed by atoms with E-state index in [-0.39, 0.29) is 23.4 Å². The van der Waals surface area contributed by atoms with Gasteiger partial charge in [-0.3, -0.25) is 13.9 Å². The molecule has 40 heavy (non-hydrogen) atoms. The van der Waals surface area contributed by atoms with Crippen LogP contribution in [-0.4, -0.2) is 50.9 Å². The van der Waals surface area contributed by atoms with Crippen molar-refractivity contribution in [2.75, 3.05) is 18.0 Å². The van der Waals surface area contributed by atoms with Crippen LogP contribution in [-0.2, 0) is 32.6 Å². The largest absolute Gasteiger partial charge is 0.497 e. The van der Waals surface area contributed by atoms with Gasteiger partial charge in [0.05, 0.1) is 17.7 Å². The Kier molecular flexibility index (Phi) is 10.3. The highest BCUT2D eigenvalue weighted by Gasteiger charge is 2.33. The molecule has 3 aromatic carbocycles. The maximum atomic E-state index is 14.0. The molecule has 0 aliphatic heterocycles. The third-order valence-electron chi connectivity index (χ3n) is 6.64. The number of nitrogens with one attached hydrogen (secondary N) is 1. The summed E-state index contributed by atoms with van der Waals surface area (Å²) in [7, 11) is -2.54. The van der Waals surface area contributed by atoms with Crippen molar-refractivity contribution in [3.63, 3.8) is 0 Å². The van der Waals surface area contributed by atoms with Crippen LogP contribution in [0.5, 0.6) is 5.75 Å². The Balaban J connectivity index is 2.06. The fraction of sp³-hybridized carbons (Fsp3) is 0.355. The summed E-state index contributed by atoms with van der Waals surface area (Å²) < 4.78 is 34.4. The van der Waals surface area contributed by atoms with Crippen LogP contribution in [0.15, 0.2) is 77.7 Å². The van der Waals surface area contributed by atoms with Gasteiger partial charge >= 0.3 is 0 Å². The minimum Gasteiger partial charge on any atom is -0.497 e. The lowest BCUT2D eigenvalue weighted by molar-refractivity contribution is -0.139. The van der Waals surface area contributed by atoms with E-state index in [4.69, 9.17) is 4.74 Å². The smallest absolute Gasteiger partial charge is 0.264 e. The number of nitrogens with zero attached hydrogens (tertiary/aromatic N) is 2. The van der Waals surface area contributed by atoms with Crippen molar-refractivity contribution in [1.29, 1.82) is 0 Å². The van der Waals surface area contributed by atoms with E-state index in [0.717, 1.165) is 21.0 Å². The van der Waals surface area contributed by atoms with Crippen LogP contribution in [0.3, 0.4) is 0 Å². The predicted octanol–water partition coefficient (Wildman–Crippen LogP) is 4.70. The molecule has 0 spiro atoms. The summed E-state index contributed by atoms with van der Waals surface area (Å²) in [6.45, 7) is 8.80. The number of carbonyl (C=O) groups excluding carboxylic acids is 2. The van der Waals surface area contributed by atoms with Gasteiger partial charge in [-0.25, -0.2) is 8.42 Å². The minimum absolute atomic E-state index is 0.0871. The lowest BCUT2D eigenvalue weighted by Gasteiger charge is -2.33. The van der Waals surface area contributed by atoms with E-state index in [1.54, 1.807) is 62.6 Å². The molecule has 0 saturated carbocycles. The molecule has 3 rings (SSSR count). The van der Waals surface area contributed by atoms with Crippen LogP contribution in [0.4, 0.5) is 5.69 Å². The quantitative estimate of drug-likeness (QED) is 0.343. The van der Waals surface area contributed by atoms with E-state index in [0.29, 0.717) is 17.9 Å². The molecular formula is C31H39N3O5S. The highest BCUT2D eigenvalue weighted by atomic mass is 32.2. The van der Waals surface area contributed by atoms with Crippen LogP contribution in [0.1, 0.15) is 44.4 Å². The Bertz CT molecular complexity index is 1400. The van der Waals surface area contributed by atoms with Crippen LogP contribution >= 0.6 is 0 Å². The normalized spacial score (nSPS) is 12.1. The van der Waals surface area contributed by atoms with Crippen LogP contribution in [0, 0.1) is 6.92 Å². The summed E-state index contributed by atoms with van der Waals surface area (Å²) in [5.41, 5.74) is 2.92. The van der Waals surface area contributed by atoms with Gasteiger partial charge in [0.2, 0.25) is 11.8 Å². The Hall–Kier alpha value is -3.85. The third kappa shape index (κ3) is 7.41. The molecule has 0 saturated heterocycles. The van der Waals surface area contributed by atoms with Crippen LogP contribution in [0.2, 0.25) is 0 Å². The number of benzene rings is 3. The highest BCUT2D eigenvalue weighted by molar-refractivity contribution is 7.92. The summed E-state index contributed by atoms with van der Waals surface area (Å²) in [5.74, 6) is -0.152. The molecule has 214 valence electrons. The van der Waals surface area contributed by atoms with Gasteiger partial charge in [0.15, 0.2) is 0 Å². The van der Waals surface area contributed by atoms with E-state index in [2.05, 4.69) is 5.32 Å². The molecule has 0 radical (unpaired) electrons. The second kappa shape index (κ2) is 13.5. The molecule has 0 aliphatic rings. The van der Waals surface area contributed by atoms with Gasteiger partial charge in [-0.1, -0.05) is 55.0 Å². The number of hydrogen-bond acceptors (Lipinski definition) is 5. The van der Waals surface area contributed by atoms with E-state index in [9.17, 15) is 18.0 Å². The Morgan fingerprint density at radius 2 is 1.55 bits per heavy atom. The number of ether oxygens (including phenoxy) is 1. The zero-order chi connectivity index (χ0) is 29.4. The number of aryl methyl sites for hydroxylation is 2. The van der Waals surface area contributed by atoms with Gasteiger partial charge in [-0.2, -0.15) is 0 Å². The number of carbonyl (C=O) groups is 2. The van der Waals surface area contributed by atoms with Gasteiger partial charge < -0.3 is 15.0 Å². The molecule has 1 N–H and O–H groups in total. The van der Waals surface area contributed by atoms with Crippen LogP contribution in [0.25, 0.3) is 0 Å². The molecule has 0 unspecified atom stereocenters. The zero-order valence-electron chi connectivity index (χ0n) is 24.0. The first-order valence-corrected chi connectivity index (χ1v) is 14.8. The van der Waals surface area contributed by atoms with E-state index in [1.165, 1.54) is 4.90 Å². The molecule has 1 atom stereocenters. The van der Waals surface area contributed by atoms with Gasteiger partial charge in [0.25, 0.3) is 10.0 Å². The zero-order valence-corrected chi connectivity index (χ0v) is 24.9. The van der Waals surface area contributed by atoms with Crippen molar-refractivity contribution in [2.45, 2.75) is 64.6 Å². The molecule has 0 fully saturated rings. The lowest BCUT2D eigenvalue weighted by Crippen LogP contribution is -2.52. The average Bonchev–Trinajstić information content (AvgIpc) is 2.94. The van der Waals surface area contributed by atoms with Crippen molar-refractivity contribution in [1.82, 2.24) is 10.2 Å². The standard InChI is InChI=1S/C31H39N3O5S/c1-7-26-10-8-9-11-29(26)34(40(37,38)28-18-12-23(4)13-19-28)21-30(35)33(24(5)31(36)32-22(2)3)20-25-14-16-27(39-6)17-15-25/h8-19,22,24H,7,20-21H2,1-6H3,(H,32,36)/t24-/m0/s1. The maximum absolute atomic E-state index is 14.0. The van der Waals surface area contributed by atoms with E-state index in [1.807, 2.05) is 52.0 Å². The van der Waals surface area contributed by atoms with E-state index >= 15 is 0 Å². The summed E-state index contributed by atoms with van der Waals surface area (Å²) in [5, 5.41) is 2.86. The SMILES string of the molecule is CCc1ccccc1N(CC(=O)N(Cc1ccc(OC)cc1)[C@@H](C)C(=O)NC(C)C)S(=O)(=O)c1ccc(C)cc1. The highest BCUT2D eigenvalue weighted by Crippen LogP contribution is 2.28. The predicted molar refractivity (Wildman–Crippen MR) is 158 cm³/mol. The van der Waals surface area contributed by atoms with Crippen molar-refractivity contribution in [3.05, 3.63) is 89.5 Å². The first-order chi connectivity index (χ1) is 19.0. The molecule has 3 aromatic rings. The first kappa shape index (κ1) is 30.7.